The first-order valence-electron chi connectivity index (χ1n) is 7.05. The lowest BCUT2D eigenvalue weighted by molar-refractivity contribution is 0.493. The largest absolute Gasteiger partial charge is 0.303 e. The quantitative estimate of drug-likeness (QED) is 0.835. The van der Waals surface area contributed by atoms with Gasteiger partial charge in [-0.1, -0.05) is 37.3 Å². The summed E-state index contributed by atoms with van der Waals surface area (Å²) in [5.41, 5.74) is 2.57. The second-order valence-corrected chi connectivity index (χ2v) is 5.76. The maximum atomic E-state index is 4.13. The molecule has 20 heavy (non-hydrogen) atoms. The molecule has 0 fully saturated rings. The fraction of sp³-hybridized carbons (Fsp3) is 0.353. The predicted octanol–water partition coefficient (Wildman–Crippen LogP) is 3.90. The minimum absolute atomic E-state index is 0.233. The van der Waals surface area contributed by atoms with Gasteiger partial charge in [0.15, 0.2) is 0 Å². The molecule has 0 bridgehead atoms. The van der Waals surface area contributed by atoms with Gasteiger partial charge in [-0.3, -0.25) is 4.98 Å². The van der Waals surface area contributed by atoms with Gasteiger partial charge in [-0.2, -0.15) is 11.8 Å². The second kappa shape index (κ2) is 8.08. The number of rotatable bonds is 7. The molecule has 1 N–H and O–H groups in total. The number of thioether (sulfide) groups is 1. The van der Waals surface area contributed by atoms with Crippen LogP contribution in [0, 0.1) is 0 Å². The van der Waals surface area contributed by atoms with E-state index in [4.69, 9.17) is 0 Å². The Morgan fingerprint density at radius 2 is 1.70 bits per heavy atom. The Balaban J connectivity index is 2.25. The molecule has 0 aliphatic heterocycles. The molecule has 2 atom stereocenters. The van der Waals surface area contributed by atoms with E-state index in [-0.39, 0.29) is 6.04 Å². The van der Waals surface area contributed by atoms with Crippen molar-refractivity contribution >= 4 is 11.8 Å². The van der Waals surface area contributed by atoms with Gasteiger partial charge < -0.3 is 5.32 Å². The lowest BCUT2D eigenvalue weighted by atomic mass is 9.98. The van der Waals surface area contributed by atoms with Gasteiger partial charge in [0.25, 0.3) is 0 Å². The van der Waals surface area contributed by atoms with Crippen molar-refractivity contribution in [2.45, 2.75) is 25.4 Å². The van der Waals surface area contributed by atoms with Gasteiger partial charge in [0.1, 0.15) is 0 Å². The zero-order valence-corrected chi connectivity index (χ0v) is 12.9. The Bertz CT molecular complexity index is 447. The lowest BCUT2D eigenvalue weighted by Gasteiger charge is -2.25. The van der Waals surface area contributed by atoms with E-state index in [0.29, 0.717) is 6.04 Å². The molecule has 106 valence electrons. The Hall–Kier alpha value is -1.32. The van der Waals surface area contributed by atoms with Crippen molar-refractivity contribution in [1.82, 2.24) is 10.3 Å². The van der Waals surface area contributed by atoms with Crippen LogP contribution in [0.4, 0.5) is 0 Å². The van der Waals surface area contributed by atoms with Crippen LogP contribution in [0.5, 0.6) is 0 Å². The maximum Gasteiger partial charge on any atom is 0.0580 e. The number of nitrogens with zero attached hydrogens (tertiary/aromatic N) is 1. The van der Waals surface area contributed by atoms with E-state index in [1.54, 1.807) is 0 Å². The molecule has 2 unspecified atom stereocenters. The van der Waals surface area contributed by atoms with Crippen molar-refractivity contribution in [3.8, 4) is 0 Å². The summed E-state index contributed by atoms with van der Waals surface area (Å²) in [7, 11) is 0. The predicted molar refractivity (Wildman–Crippen MR) is 88.1 cm³/mol. The summed E-state index contributed by atoms with van der Waals surface area (Å²) in [6.07, 6.45) is 7.02. The van der Waals surface area contributed by atoms with E-state index in [0.717, 1.165) is 12.2 Å². The van der Waals surface area contributed by atoms with Crippen LogP contribution in [-0.2, 0) is 0 Å². The number of hydrogen-bond donors (Lipinski definition) is 1. The molecule has 2 aromatic rings. The number of hydrogen-bond acceptors (Lipinski definition) is 3. The van der Waals surface area contributed by atoms with Crippen molar-refractivity contribution in [3.63, 3.8) is 0 Å². The first-order chi connectivity index (χ1) is 9.85. The first-order valence-corrected chi connectivity index (χ1v) is 8.44. The van der Waals surface area contributed by atoms with Crippen LogP contribution in [0.3, 0.4) is 0 Å². The highest BCUT2D eigenvalue weighted by atomic mass is 32.2. The molecule has 0 spiro atoms. The van der Waals surface area contributed by atoms with Crippen molar-refractivity contribution in [2.75, 3.05) is 12.0 Å². The van der Waals surface area contributed by atoms with E-state index in [9.17, 15) is 0 Å². The zero-order valence-electron chi connectivity index (χ0n) is 12.1. The van der Waals surface area contributed by atoms with Gasteiger partial charge in [-0.05, 0) is 35.9 Å². The normalized spacial score (nSPS) is 13.9. The standard InChI is InChI=1S/C17H22N2S/c1-3-16(13-20-2)19-17(14-7-5-4-6-8-14)15-9-11-18-12-10-15/h4-12,16-17,19H,3,13H2,1-2H3. The average Bonchev–Trinajstić information content (AvgIpc) is 2.53. The molecule has 1 heterocycles. The van der Waals surface area contributed by atoms with Gasteiger partial charge in [-0.15, -0.1) is 0 Å². The van der Waals surface area contributed by atoms with Crippen molar-refractivity contribution < 1.29 is 0 Å². The monoisotopic (exact) mass is 286 g/mol. The molecule has 2 rings (SSSR count). The van der Waals surface area contributed by atoms with Gasteiger partial charge in [0, 0.05) is 24.2 Å². The number of nitrogens with one attached hydrogen (secondary N) is 1. The molecule has 2 nitrogen and oxygen atoms in total. The molecular weight excluding hydrogens is 264 g/mol. The average molecular weight is 286 g/mol. The van der Waals surface area contributed by atoms with Gasteiger partial charge >= 0.3 is 0 Å². The summed E-state index contributed by atoms with van der Waals surface area (Å²) in [6, 6.07) is 15.6. The van der Waals surface area contributed by atoms with Gasteiger partial charge in [0.2, 0.25) is 0 Å². The third-order valence-electron chi connectivity index (χ3n) is 3.44. The summed E-state index contributed by atoms with van der Waals surface area (Å²) < 4.78 is 0. The SMILES string of the molecule is CCC(CSC)NC(c1ccccc1)c1ccncc1. The molecule has 0 saturated heterocycles. The van der Waals surface area contributed by atoms with E-state index in [2.05, 4.69) is 65.9 Å². The van der Waals surface area contributed by atoms with Crippen molar-refractivity contribution in [1.29, 1.82) is 0 Å². The van der Waals surface area contributed by atoms with E-state index >= 15 is 0 Å². The third kappa shape index (κ3) is 4.09. The van der Waals surface area contributed by atoms with E-state index < -0.39 is 0 Å². The van der Waals surface area contributed by atoms with Crippen molar-refractivity contribution in [2.24, 2.45) is 0 Å². The highest BCUT2D eigenvalue weighted by molar-refractivity contribution is 7.98. The van der Waals surface area contributed by atoms with Gasteiger partial charge in [0.05, 0.1) is 6.04 Å². The molecule has 0 aliphatic carbocycles. The Morgan fingerprint density at radius 1 is 1.05 bits per heavy atom. The molecular formula is C17H22N2S. The number of pyridine rings is 1. The number of benzene rings is 1. The summed E-state index contributed by atoms with van der Waals surface area (Å²) in [5.74, 6) is 1.13. The second-order valence-electron chi connectivity index (χ2n) is 4.85. The first kappa shape index (κ1) is 15.1. The summed E-state index contributed by atoms with van der Waals surface area (Å²) in [4.78, 5) is 4.13. The summed E-state index contributed by atoms with van der Waals surface area (Å²) in [6.45, 7) is 2.24. The van der Waals surface area contributed by atoms with Crippen LogP contribution in [0.2, 0.25) is 0 Å². The molecule has 1 aromatic heterocycles. The third-order valence-corrected chi connectivity index (χ3v) is 4.17. The fourth-order valence-corrected chi connectivity index (χ4v) is 3.04. The minimum Gasteiger partial charge on any atom is -0.303 e. The number of aromatic nitrogens is 1. The molecule has 3 heteroatoms. The Morgan fingerprint density at radius 3 is 2.30 bits per heavy atom. The molecule has 1 aromatic carbocycles. The molecule has 0 saturated carbocycles. The van der Waals surface area contributed by atoms with Crippen LogP contribution < -0.4 is 5.32 Å². The summed E-state index contributed by atoms with van der Waals surface area (Å²) in [5, 5.41) is 3.79. The van der Waals surface area contributed by atoms with Crippen LogP contribution in [0.1, 0.15) is 30.5 Å². The Kier molecular flexibility index (Phi) is 6.09. The minimum atomic E-state index is 0.233. The topological polar surface area (TPSA) is 24.9 Å². The van der Waals surface area contributed by atoms with E-state index in [1.807, 2.05) is 24.2 Å². The van der Waals surface area contributed by atoms with Crippen molar-refractivity contribution in [3.05, 3.63) is 66.0 Å². The molecule has 0 amide bonds. The molecule has 0 aliphatic rings. The van der Waals surface area contributed by atoms with Gasteiger partial charge in [-0.25, -0.2) is 0 Å². The fourth-order valence-electron chi connectivity index (χ4n) is 2.31. The van der Waals surface area contributed by atoms with E-state index in [1.165, 1.54) is 11.1 Å². The lowest BCUT2D eigenvalue weighted by Crippen LogP contribution is -2.34. The Labute approximate surface area is 126 Å². The molecule has 0 radical (unpaired) electrons. The highest BCUT2D eigenvalue weighted by Crippen LogP contribution is 2.22. The smallest absolute Gasteiger partial charge is 0.0580 e. The van der Waals surface area contributed by atoms with Crippen LogP contribution in [0.15, 0.2) is 54.9 Å². The van der Waals surface area contributed by atoms with Crippen LogP contribution in [-0.4, -0.2) is 23.0 Å². The zero-order chi connectivity index (χ0) is 14.2. The maximum absolute atomic E-state index is 4.13. The van der Waals surface area contributed by atoms with Crippen LogP contribution >= 0.6 is 11.8 Å². The van der Waals surface area contributed by atoms with Crippen LogP contribution in [0.25, 0.3) is 0 Å². The highest BCUT2D eigenvalue weighted by Gasteiger charge is 2.17. The summed E-state index contributed by atoms with van der Waals surface area (Å²) >= 11 is 1.89.